The van der Waals surface area contributed by atoms with Gasteiger partial charge in [0.1, 0.15) is 11.5 Å². The first-order valence-electron chi connectivity index (χ1n) is 12.4. The Hall–Kier alpha value is -4.95. The van der Waals surface area contributed by atoms with E-state index in [-0.39, 0.29) is 41.9 Å². The molecule has 0 atom stereocenters. The monoisotopic (exact) mass is 596 g/mol. The first-order valence-corrected chi connectivity index (χ1v) is 12.7. The van der Waals surface area contributed by atoms with E-state index in [1.54, 1.807) is 30.3 Å². The number of nitrogens with one attached hydrogen (secondary N) is 2. The van der Waals surface area contributed by atoms with Crippen molar-refractivity contribution in [3.8, 4) is 28.3 Å². The molecule has 1 aromatic heterocycles. The van der Waals surface area contributed by atoms with Gasteiger partial charge in [-0.2, -0.15) is 18.4 Å². The van der Waals surface area contributed by atoms with E-state index in [0.717, 1.165) is 11.6 Å². The number of amides is 1. The second-order valence-electron chi connectivity index (χ2n) is 9.05. The number of halogens is 5. The number of rotatable bonds is 9. The number of carboxylic acid groups (broad SMARTS) is 1. The molecule has 7 nitrogen and oxygen atoms in total. The summed E-state index contributed by atoms with van der Waals surface area (Å²) in [5, 5.41) is 24.5. The Morgan fingerprint density at radius 3 is 2.40 bits per heavy atom. The minimum atomic E-state index is -4.88. The van der Waals surface area contributed by atoms with Crippen molar-refractivity contribution in [3.63, 3.8) is 0 Å². The van der Waals surface area contributed by atoms with Gasteiger partial charge in [-0.25, -0.2) is 4.39 Å². The van der Waals surface area contributed by atoms with Crippen molar-refractivity contribution >= 4 is 29.2 Å². The lowest BCUT2D eigenvalue weighted by Gasteiger charge is -2.14. The molecule has 214 valence electrons. The number of hydrogen-bond donors (Lipinski definition) is 3. The number of aliphatic carboxylic acids is 1. The van der Waals surface area contributed by atoms with Gasteiger partial charge in [-0.05, 0) is 64.7 Å². The van der Waals surface area contributed by atoms with Crippen molar-refractivity contribution in [1.82, 2.24) is 10.3 Å². The van der Waals surface area contributed by atoms with E-state index in [9.17, 15) is 32.4 Å². The summed E-state index contributed by atoms with van der Waals surface area (Å²) in [5.74, 6) is -2.94. The molecule has 3 N–H and O–H groups in total. The van der Waals surface area contributed by atoms with Crippen LogP contribution in [0.1, 0.15) is 33.6 Å². The third-order valence-corrected chi connectivity index (χ3v) is 6.44. The number of nitriles is 1. The topological polar surface area (TPSA) is 115 Å². The molecular weight excluding hydrogens is 576 g/mol. The Kier molecular flexibility index (Phi) is 9.08. The van der Waals surface area contributed by atoms with E-state index in [1.165, 1.54) is 30.5 Å². The fourth-order valence-corrected chi connectivity index (χ4v) is 4.31. The minimum absolute atomic E-state index is 0.0330. The van der Waals surface area contributed by atoms with Gasteiger partial charge < -0.3 is 15.7 Å². The average molecular weight is 597 g/mol. The molecule has 0 aliphatic rings. The van der Waals surface area contributed by atoms with Gasteiger partial charge in [0.25, 0.3) is 5.91 Å². The molecule has 0 unspecified atom stereocenters. The van der Waals surface area contributed by atoms with Crippen LogP contribution in [0, 0.1) is 17.1 Å². The molecule has 42 heavy (non-hydrogen) atoms. The molecule has 1 amide bonds. The lowest BCUT2D eigenvalue weighted by Crippen LogP contribution is -2.26. The fraction of sp³-hybridized carbons (Fsp3) is 0.133. The molecule has 0 saturated carbocycles. The normalized spacial score (nSPS) is 11.0. The molecule has 12 heteroatoms. The molecule has 0 radical (unpaired) electrons. The van der Waals surface area contributed by atoms with Crippen LogP contribution < -0.4 is 10.6 Å². The summed E-state index contributed by atoms with van der Waals surface area (Å²) in [6, 6.07) is 17.5. The zero-order chi connectivity index (χ0) is 30.4. The molecule has 0 fully saturated rings. The van der Waals surface area contributed by atoms with E-state index in [1.807, 2.05) is 6.07 Å². The van der Waals surface area contributed by atoms with Crippen molar-refractivity contribution < 1.29 is 32.3 Å². The highest BCUT2D eigenvalue weighted by Gasteiger charge is 2.34. The third-order valence-electron chi connectivity index (χ3n) is 6.21. The molecule has 0 bridgehead atoms. The minimum Gasteiger partial charge on any atom is -0.481 e. The highest BCUT2D eigenvalue weighted by atomic mass is 35.5. The van der Waals surface area contributed by atoms with Gasteiger partial charge in [0.2, 0.25) is 0 Å². The summed E-state index contributed by atoms with van der Waals surface area (Å²) in [4.78, 5) is 27.0. The molecule has 1 heterocycles. The van der Waals surface area contributed by atoms with Gasteiger partial charge in [0.05, 0.1) is 23.6 Å². The van der Waals surface area contributed by atoms with E-state index >= 15 is 0 Å². The first-order chi connectivity index (χ1) is 20.0. The van der Waals surface area contributed by atoms with Crippen molar-refractivity contribution in [1.29, 1.82) is 5.26 Å². The second-order valence-corrected chi connectivity index (χ2v) is 9.49. The Morgan fingerprint density at radius 1 is 0.976 bits per heavy atom. The fourth-order valence-electron chi connectivity index (χ4n) is 4.14. The third kappa shape index (κ3) is 7.21. The lowest BCUT2D eigenvalue weighted by molar-refractivity contribution is -0.140. The number of carbonyl (C=O) groups is 2. The van der Waals surface area contributed by atoms with Crippen LogP contribution in [0.2, 0.25) is 5.02 Å². The van der Waals surface area contributed by atoms with Gasteiger partial charge in [0, 0.05) is 35.6 Å². The van der Waals surface area contributed by atoms with Crippen LogP contribution >= 0.6 is 11.6 Å². The molecule has 0 saturated heterocycles. The predicted octanol–water partition coefficient (Wildman–Crippen LogP) is 6.92. The Balaban J connectivity index is 1.53. The number of alkyl halides is 3. The number of aromatic nitrogens is 1. The lowest BCUT2D eigenvalue weighted by atomic mass is 9.97. The number of pyridine rings is 1. The predicted molar refractivity (Wildman–Crippen MR) is 148 cm³/mol. The summed E-state index contributed by atoms with van der Waals surface area (Å²) >= 11 is 6.23. The highest BCUT2D eigenvalue weighted by Crippen LogP contribution is 2.36. The summed E-state index contributed by atoms with van der Waals surface area (Å²) in [6.45, 7) is 0.234. The van der Waals surface area contributed by atoms with Gasteiger partial charge in [-0.3, -0.25) is 14.6 Å². The summed E-state index contributed by atoms with van der Waals surface area (Å²) in [7, 11) is 0. The van der Waals surface area contributed by atoms with E-state index in [2.05, 4.69) is 15.6 Å². The number of anilines is 1. The van der Waals surface area contributed by atoms with Crippen molar-refractivity contribution in [2.24, 2.45) is 0 Å². The van der Waals surface area contributed by atoms with Crippen LogP contribution in [0.3, 0.4) is 0 Å². The Morgan fingerprint density at radius 2 is 1.74 bits per heavy atom. The SMILES string of the molecule is N#Cc1cc(NCc2ccc(Cl)cc2-c2ccc(C(=O)NCCC(=O)O)nc2)ccc1-c1ccc(F)c(C(F)(F)F)c1. The van der Waals surface area contributed by atoms with Crippen LogP contribution in [-0.2, 0) is 17.5 Å². The van der Waals surface area contributed by atoms with Gasteiger partial charge >= 0.3 is 12.1 Å². The first kappa shape index (κ1) is 30.0. The number of benzene rings is 3. The van der Waals surface area contributed by atoms with Crippen LogP contribution in [0.5, 0.6) is 0 Å². The van der Waals surface area contributed by atoms with Gasteiger partial charge in [-0.1, -0.05) is 35.9 Å². The number of nitrogens with zero attached hydrogens (tertiary/aromatic N) is 2. The molecule has 4 aromatic rings. The van der Waals surface area contributed by atoms with Crippen LogP contribution in [0.15, 0.2) is 72.9 Å². The maximum absolute atomic E-state index is 13.8. The zero-order valence-corrected chi connectivity index (χ0v) is 22.4. The Bertz CT molecular complexity index is 1690. The molecule has 0 spiro atoms. The molecule has 3 aromatic carbocycles. The molecule has 4 rings (SSSR count). The summed E-state index contributed by atoms with van der Waals surface area (Å²) in [5.41, 5.74) is 1.73. The van der Waals surface area contributed by atoms with Crippen molar-refractivity contribution in [2.75, 3.05) is 11.9 Å². The Labute approximate surface area is 242 Å². The smallest absolute Gasteiger partial charge is 0.419 e. The molecular formula is C30H21ClF4N4O3. The quantitative estimate of drug-likeness (QED) is 0.181. The summed E-state index contributed by atoms with van der Waals surface area (Å²) < 4.78 is 53.3. The maximum atomic E-state index is 13.8. The largest absolute Gasteiger partial charge is 0.481 e. The number of carboxylic acids is 1. The standard InChI is InChI=1S/C30H21ClF4N4O3/c31-21-4-1-18(24(13-21)19-3-8-27(39-16-19)29(42)37-10-9-28(40)41)15-38-22-5-6-23(20(11-22)14-36)17-2-7-26(32)25(12-17)30(33,34)35/h1-8,11-13,16,38H,9-10,15H2,(H,37,42)(H,40,41). The highest BCUT2D eigenvalue weighted by molar-refractivity contribution is 6.30. The molecule has 0 aliphatic heterocycles. The van der Waals surface area contributed by atoms with Crippen molar-refractivity contribution in [2.45, 2.75) is 19.1 Å². The zero-order valence-electron chi connectivity index (χ0n) is 21.6. The van der Waals surface area contributed by atoms with E-state index < -0.39 is 29.4 Å². The van der Waals surface area contributed by atoms with Crippen LogP contribution in [-0.4, -0.2) is 28.5 Å². The van der Waals surface area contributed by atoms with Crippen molar-refractivity contribution in [3.05, 3.63) is 106 Å². The van der Waals surface area contributed by atoms with E-state index in [0.29, 0.717) is 27.9 Å². The number of hydrogen-bond acceptors (Lipinski definition) is 5. The average Bonchev–Trinajstić information content (AvgIpc) is 2.96. The van der Waals surface area contributed by atoms with Crippen LogP contribution in [0.25, 0.3) is 22.3 Å². The van der Waals surface area contributed by atoms with E-state index in [4.69, 9.17) is 16.7 Å². The maximum Gasteiger partial charge on any atom is 0.419 e. The van der Waals surface area contributed by atoms with Crippen LogP contribution in [0.4, 0.5) is 23.2 Å². The number of carbonyl (C=O) groups excluding carboxylic acids is 1. The second kappa shape index (κ2) is 12.7. The van der Waals surface area contributed by atoms with Gasteiger partial charge in [0.15, 0.2) is 0 Å². The summed E-state index contributed by atoms with van der Waals surface area (Å²) in [6.07, 6.45) is -3.61. The molecule has 0 aliphatic carbocycles. The van der Waals surface area contributed by atoms with Gasteiger partial charge in [-0.15, -0.1) is 0 Å².